The first kappa shape index (κ1) is 28.3. The summed E-state index contributed by atoms with van der Waals surface area (Å²) in [5, 5.41) is 8.57. The van der Waals surface area contributed by atoms with Gasteiger partial charge in [0.1, 0.15) is 11.4 Å². The van der Waals surface area contributed by atoms with Gasteiger partial charge in [0.25, 0.3) is 5.91 Å². The molecule has 0 aliphatic carbocycles. The lowest BCUT2D eigenvalue weighted by molar-refractivity contribution is 0.00959. The van der Waals surface area contributed by atoms with Crippen LogP contribution >= 0.6 is 0 Å². The third-order valence-electron chi connectivity index (χ3n) is 6.72. The van der Waals surface area contributed by atoms with Crippen LogP contribution in [0.4, 0.5) is 4.79 Å². The molecule has 0 saturated carbocycles. The van der Waals surface area contributed by atoms with Crippen molar-refractivity contribution in [3.63, 3.8) is 0 Å². The van der Waals surface area contributed by atoms with Crippen LogP contribution < -0.4 is 10.1 Å². The van der Waals surface area contributed by atoms with E-state index < -0.39 is 5.60 Å². The van der Waals surface area contributed by atoms with Gasteiger partial charge in [-0.25, -0.2) is 14.8 Å². The van der Waals surface area contributed by atoms with Gasteiger partial charge in [0, 0.05) is 56.1 Å². The number of nitrogens with zero attached hydrogens (tertiary/aromatic N) is 5. The van der Waals surface area contributed by atoms with Gasteiger partial charge in [-0.1, -0.05) is 0 Å². The Labute approximate surface area is 228 Å². The molecule has 1 aliphatic rings. The second-order valence-corrected chi connectivity index (χ2v) is 11.1. The molecule has 4 rings (SSSR count). The molecular formula is C28H38N6O5. The predicted molar refractivity (Wildman–Crippen MR) is 147 cm³/mol. The summed E-state index contributed by atoms with van der Waals surface area (Å²) in [5.41, 5.74) is 2.79. The fourth-order valence-electron chi connectivity index (χ4n) is 4.88. The maximum atomic E-state index is 13.2. The van der Waals surface area contributed by atoms with E-state index in [-0.39, 0.29) is 30.9 Å². The number of benzene rings is 1. The first-order chi connectivity index (χ1) is 18.4. The number of carbonyl (C=O) groups is 2. The number of hydrogen-bond donors (Lipinski definition) is 1. The number of aromatic nitrogens is 4. The molecule has 2 unspecified atom stereocenters. The van der Waals surface area contributed by atoms with E-state index in [9.17, 15) is 9.59 Å². The Morgan fingerprint density at radius 1 is 1.23 bits per heavy atom. The number of hydrogen-bond acceptors (Lipinski definition) is 8. The Hall–Kier alpha value is -3.73. The number of methoxy groups -OCH3 is 1. The van der Waals surface area contributed by atoms with Crippen LogP contribution in [0.1, 0.15) is 62.2 Å². The standard InChI is InChI=1S/C28H38N6O5/c1-16-11-20(9-10-34(16)27(36)39-28(4,5)6)31-26(35)22-13-29-25(30-18(22)3)21-12-19-14-33(7)32-23(19)17(2)24(21)38-15-37-8/h12-14,16,20H,9-11,15H2,1-8H3,(H,31,35). The molecule has 210 valence electrons. The molecular weight excluding hydrogens is 500 g/mol. The normalized spacial score (nSPS) is 17.8. The van der Waals surface area contributed by atoms with Gasteiger partial charge in [-0.15, -0.1) is 0 Å². The molecule has 3 aromatic rings. The molecule has 1 N–H and O–H groups in total. The third-order valence-corrected chi connectivity index (χ3v) is 6.72. The highest BCUT2D eigenvalue weighted by atomic mass is 16.7. The average Bonchev–Trinajstić information content (AvgIpc) is 3.22. The Kier molecular flexibility index (Phi) is 8.10. The van der Waals surface area contributed by atoms with E-state index in [1.165, 1.54) is 0 Å². The predicted octanol–water partition coefficient (Wildman–Crippen LogP) is 4.15. The van der Waals surface area contributed by atoms with Crippen molar-refractivity contribution in [1.82, 2.24) is 30.0 Å². The van der Waals surface area contributed by atoms with E-state index in [0.29, 0.717) is 47.8 Å². The molecule has 1 fully saturated rings. The number of piperidine rings is 1. The monoisotopic (exact) mass is 538 g/mol. The lowest BCUT2D eigenvalue weighted by Gasteiger charge is -2.38. The Balaban J connectivity index is 1.51. The Morgan fingerprint density at radius 2 is 1.97 bits per heavy atom. The van der Waals surface area contributed by atoms with Crippen molar-refractivity contribution in [2.24, 2.45) is 7.05 Å². The van der Waals surface area contributed by atoms with Gasteiger partial charge >= 0.3 is 6.09 Å². The molecule has 1 saturated heterocycles. The van der Waals surface area contributed by atoms with Gasteiger partial charge in [0.2, 0.25) is 0 Å². The summed E-state index contributed by atoms with van der Waals surface area (Å²) < 4.78 is 18.3. The van der Waals surface area contributed by atoms with Gasteiger partial charge in [0.15, 0.2) is 12.6 Å². The number of likely N-dealkylation sites (tertiary alicyclic amines) is 1. The molecule has 39 heavy (non-hydrogen) atoms. The smallest absolute Gasteiger partial charge is 0.410 e. The van der Waals surface area contributed by atoms with Crippen LogP contribution in [-0.2, 0) is 16.5 Å². The fourth-order valence-corrected chi connectivity index (χ4v) is 4.88. The number of nitrogens with one attached hydrogen (secondary N) is 1. The molecule has 11 nitrogen and oxygen atoms in total. The van der Waals surface area contributed by atoms with Gasteiger partial charge < -0.3 is 24.4 Å². The topological polar surface area (TPSA) is 121 Å². The zero-order valence-corrected chi connectivity index (χ0v) is 24.0. The molecule has 11 heteroatoms. The first-order valence-electron chi connectivity index (χ1n) is 13.1. The quantitative estimate of drug-likeness (QED) is 0.465. The largest absolute Gasteiger partial charge is 0.466 e. The van der Waals surface area contributed by atoms with Crippen molar-refractivity contribution < 1.29 is 23.8 Å². The summed E-state index contributed by atoms with van der Waals surface area (Å²) >= 11 is 0. The first-order valence-corrected chi connectivity index (χ1v) is 13.1. The van der Waals surface area contributed by atoms with E-state index in [0.717, 1.165) is 16.5 Å². The van der Waals surface area contributed by atoms with Gasteiger partial charge in [-0.2, -0.15) is 5.10 Å². The zero-order chi connectivity index (χ0) is 28.5. The van der Waals surface area contributed by atoms with Crippen LogP contribution in [0.3, 0.4) is 0 Å². The highest BCUT2D eigenvalue weighted by Crippen LogP contribution is 2.36. The lowest BCUT2D eigenvalue weighted by Crippen LogP contribution is -2.52. The summed E-state index contributed by atoms with van der Waals surface area (Å²) in [4.78, 5) is 36.6. The van der Waals surface area contributed by atoms with Gasteiger partial charge in [-0.05, 0) is 60.5 Å². The highest BCUT2D eigenvalue weighted by Gasteiger charge is 2.32. The van der Waals surface area contributed by atoms with Crippen molar-refractivity contribution in [1.29, 1.82) is 0 Å². The van der Waals surface area contributed by atoms with E-state index >= 15 is 0 Å². The molecule has 0 bridgehead atoms. The average molecular weight is 539 g/mol. The van der Waals surface area contributed by atoms with Crippen LogP contribution in [0.15, 0.2) is 18.5 Å². The van der Waals surface area contributed by atoms with Crippen molar-refractivity contribution in [3.8, 4) is 17.1 Å². The van der Waals surface area contributed by atoms with Crippen molar-refractivity contribution in [3.05, 3.63) is 35.3 Å². The minimum absolute atomic E-state index is 0.0604. The zero-order valence-electron chi connectivity index (χ0n) is 24.0. The van der Waals surface area contributed by atoms with Crippen molar-refractivity contribution in [2.75, 3.05) is 20.4 Å². The maximum Gasteiger partial charge on any atom is 0.410 e. The summed E-state index contributed by atoms with van der Waals surface area (Å²) in [6.07, 6.45) is 4.42. The van der Waals surface area contributed by atoms with E-state index in [4.69, 9.17) is 14.2 Å². The molecule has 3 heterocycles. The van der Waals surface area contributed by atoms with Crippen molar-refractivity contribution >= 4 is 22.9 Å². The summed E-state index contributed by atoms with van der Waals surface area (Å²) in [6.45, 7) is 11.8. The molecule has 2 atom stereocenters. The minimum Gasteiger partial charge on any atom is -0.466 e. The molecule has 1 aromatic carbocycles. The molecule has 1 aliphatic heterocycles. The lowest BCUT2D eigenvalue weighted by atomic mass is 9.98. The van der Waals surface area contributed by atoms with Crippen LogP contribution in [0.5, 0.6) is 5.75 Å². The van der Waals surface area contributed by atoms with Gasteiger partial charge in [0.05, 0.1) is 22.3 Å². The van der Waals surface area contributed by atoms with Crippen molar-refractivity contribution in [2.45, 2.75) is 72.1 Å². The number of rotatable bonds is 6. The fraction of sp³-hybridized carbons (Fsp3) is 0.536. The molecule has 2 amide bonds. The molecule has 2 aromatic heterocycles. The Bertz CT molecular complexity index is 1380. The Morgan fingerprint density at radius 3 is 2.62 bits per heavy atom. The number of amides is 2. The summed E-state index contributed by atoms with van der Waals surface area (Å²) in [6, 6.07) is 1.80. The van der Waals surface area contributed by atoms with Crippen LogP contribution in [-0.4, -0.2) is 74.8 Å². The third kappa shape index (κ3) is 6.30. The molecule has 0 radical (unpaired) electrons. The second-order valence-electron chi connectivity index (χ2n) is 11.1. The SMILES string of the molecule is COCOc1c(-c2ncc(C(=O)NC3CCN(C(=O)OC(C)(C)C)C(C)C3)c(C)n2)cc2cn(C)nc2c1C. The number of fused-ring (bicyclic) bond motifs is 1. The van der Waals surface area contributed by atoms with E-state index in [2.05, 4.69) is 20.4 Å². The van der Waals surface area contributed by atoms with E-state index in [1.807, 2.05) is 53.9 Å². The van der Waals surface area contributed by atoms with Crippen LogP contribution in [0.2, 0.25) is 0 Å². The highest BCUT2D eigenvalue weighted by molar-refractivity contribution is 5.95. The van der Waals surface area contributed by atoms with Crippen LogP contribution in [0, 0.1) is 13.8 Å². The summed E-state index contributed by atoms with van der Waals surface area (Å²) in [7, 11) is 3.43. The minimum atomic E-state index is -0.551. The van der Waals surface area contributed by atoms with E-state index in [1.54, 1.807) is 29.8 Å². The number of carbonyl (C=O) groups excluding carboxylic acids is 2. The maximum absolute atomic E-state index is 13.2. The van der Waals surface area contributed by atoms with Crippen LogP contribution in [0.25, 0.3) is 22.3 Å². The number of aryl methyl sites for hydroxylation is 3. The second kappa shape index (κ2) is 11.2. The molecule has 0 spiro atoms. The summed E-state index contributed by atoms with van der Waals surface area (Å²) in [5.74, 6) is 0.797. The number of ether oxygens (including phenoxy) is 3. The van der Waals surface area contributed by atoms with Gasteiger partial charge in [-0.3, -0.25) is 9.48 Å².